The molecule has 17 heavy (non-hydrogen) atoms. The van der Waals surface area contributed by atoms with Crippen molar-refractivity contribution in [3.05, 3.63) is 0 Å². The van der Waals surface area contributed by atoms with Gasteiger partial charge in [-0.15, -0.1) is 0 Å². The largest absolute Gasteiger partial charge is 0.481 e. The van der Waals surface area contributed by atoms with E-state index in [4.69, 9.17) is 5.11 Å². The maximum atomic E-state index is 11.7. The van der Waals surface area contributed by atoms with Crippen LogP contribution in [0.15, 0.2) is 0 Å². The fourth-order valence-electron chi connectivity index (χ4n) is 1.66. The van der Waals surface area contributed by atoms with Gasteiger partial charge in [0.25, 0.3) is 0 Å². The third kappa shape index (κ3) is 3.33. The van der Waals surface area contributed by atoms with Crippen LogP contribution in [0.5, 0.6) is 0 Å². The molecule has 2 atom stereocenters. The SMILES string of the molecule is COC(=O)C(C)NC(=O)N1CCC(C(=O)O)C1. The molecule has 1 aliphatic rings. The average Bonchev–Trinajstić information content (AvgIpc) is 2.77. The van der Waals surface area contributed by atoms with Crippen molar-refractivity contribution < 1.29 is 24.2 Å². The minimum Gasteiger partial charge on any atom is -0.481 e. The number of esters is 1. The van der Waals surface area contributed by atoms with Gasteiger partial charge in [-0.3, -0.25) is 4.79 Å². The van der Waals surface area contributed by atoms with Gasteiger partial charge in [0, 0.05) is 13.1 Å². The van der Waals surface area contributed by atoms with Gasteiger partial charge >= 0.3 is 18.0 Å². The summed E-state index contributed by atoms with van der Waals surface area (Å²) in [6, 6.07) is -1.18. The maximum Gasteiger partial charge on any atom is 0.328 e. The number of hydrogen-bond acceptors (Lipinski definition) is 4. The number of urea groups is 1. The van der Waals surface area contributed by atoms with Crippen molar-refractivity contribution in [1.29, 1.82) is 0 Å². The van der Waals surface area contributed by atoms with Crippen LogP contribution >= 0.6 is 0 Å². The van der Waals surface area contributed by atoms with E-state index in [0.717, 1.165) is 0 Å². The molecular formula is C10H16N2O5. The lowest BCUT2D eigenvalue weighted by molar-refractivity contribution is -0.143. The Morgan fingerprint density at radius 1 is 1.47 bits per heavy atom. The highest BCUT2D eigenvalue weighted by Crippen LogP contribution is 2.16. The van der Waals surface area contributed by atoms with Gasteiger partial charge in [-0.05, 0) is 13.3 Å². The summed E-state index contributed by atoms with van der Waals surface area (Å²) in [5.74, 6) is -1.96. The number of nitrogens with zero attached hydrogens (tertiary/aromatic N) is 1. The number of ether oxygens (including phenoxy) is 1. The van der Waals surface area contributed by atoms with Crippen LogP contribution in [0.2, 0.25) is 0 Å². The molecular weight excluding hydrogens is 228 g/mol. The van der Waals surface area contributed by atoms with Crippen molar-refractivity contribution in [3.8, 4) is 0 Å². The molecule has 2 N–H and O–H groups in total. The number of carboxylic acid groups (broad SMARTS) is 1. The molecule has 0 aromatic carbocycles. The summed E-state index contributed by atoms with van der Waals surface area (Å²) in [4.78, 5) is 34.8. The molecule has 0 aromatic heterocycles. The first-order valence-electron chi connectivity index (χ1n) is 5.31. The highest BCUT2D eigenvalue weighted by molar-refractivity contribution is 5.84. The summed E-state index contributed by atoms with van der Waals surface area (Å²) >= 11 is 0. The molecule has 0 spiro atoms. The molecule has 1 saturated heterocycles. The molecule has 1 aliphatic heterocycles. The lowest BCUT2D eigenvalue weighted by Crippen LogP contribution is -2.46. The number of methoxy groups -OCH3 is 1. The second-order valence-corrected chi connectivity index (χ2v) is 3.96. The van der Waals surface area contributed by atoms with E-state index < -0.39 is 29.9 Å². The van der Waals surface area contributed by atoms with Crippen molar-refractivity contribution >= 4 is 18.0 Å². The van der Waals surface area contributed by atoms with Gasteiger partial charge in [0.1, 0.15) is 6.04 Å². The van der Waals surface area contributed by atoms with Crippen LogP contribution < -0.4 is 5.32 Å². The Balaban J connectivity index is 2.45. The van der Waals surface area contributed by atoms with Gasteiger partial charge in [0.2, 0.25) is 0 Å². The van der Waals surface area contributed by atoms with E-state index in [1.165, 1.54) is 18.9 Å². The first-order chi connectivity index (χ1) is 7.95. The van der Waals surface area contributed by atoms with Crippen LogP contribution in [0.1, 0.15) is 13.3 Å². The van der Waals surface area contributed by atoms with E-state index in [1.54, 1.807) is 0 Å². The zero-order valence-electron chi connectivity index (χ0n) is 9.80. The van der Waals surface area contributed by atoms with Crippen molar-refractivity contribution in [2.45, 2.75) is 19.4 Å². The minimum absolute atomic E-state index is 0.176. The number of likely N-dealkylation sites (tertiary alicyclic amines) is 1. The molecule has 0 bridgehead atoms. The lowest BCUT2D eigenvalue weighted by atomic mass is 10.1. The first-order valence-corrected chi connectivity index (χ1v) is 5.31. The Morgan fingerprint density at radius 2 is 2.12 bits per heavy atom. The monoisotopic (exact) mass is 244 g/mol. The normalized spacial score (nSPS) is 20.8. The molecule has 7 heteroatoms. The number of amides is 2. The lowest BCUT2D eigenvalue weighted by Gasteiger charge is -2.19. The number of carboxylic acids is 1. The van der Waals surface area contributed by atoms with Gasteiger partial charge in [0.15, 0.2) is 0 Å². The van der Waals surface area contributed by atoms with Crippen LogP contribution in [0.4, 0.5) is 4.79 Å². The zero-order chi connectivity index (χ0) is 13.0. The van der Waals surface area contributed by atoms with E-state index in [9.17, 15) is 14.4 Å². The predicted octanol–water partition coefficient (Wildman–Crippen LogP) is -0.336. The Morgan fingerprint density at radius 3 is 2.59 bits per heavy atom. The fraction of sp³-hybridized carbons (Fsp3) is 0.700. The molecule has 96 valence electrons. The second kappa shape index (κ2) is 5.51. The summed E-state index contributed by atoms with van der Waals surface area (Å²) in [5, 5.41) is 11.2. The summed E-state index contributed by atoms with van der Waals surface area (Å²) < 4.78 is 4.47. The number of rotatable bonds is 3. The van der Waals surface area contributed by atoms with Crippen molar-refractivity contribution in [1.82, 2.24) is 10.2 Å². The van der Waals surface area contributed by atoms with Crippen molar-refractivity contribution in [2.24, 2.45) is 5.92 Å². The van der Waals surface area contributed by atoms with Crippen LogP contribution in [0.3, 0.4) is 0 Å². The smallest absolute Gasteiger partial charge is 0.328 e. The van der Waals surface area contributed by atoms with Crippen LogP contribution in [0, 0.1) is 5.92 Å². The molecule has 7 nitrogen and oxygen atoms in total. The molecule has 2 amide bonds. The molecule has 0 radical (unpaired) electrons. The Hall–Kier alpha value is -1.79. The highest BCUT2D eigenvalue weighted by atomic mass is 16.5. The summed E-state index contributed by atoms with van der Waals surface area (Å²) in [6.45, 7) is 2.07. The standard InChI is InChI=1S/C10H16N2O5/c1-6(9(15)17-2)11-10(16)12-4-3-7(5-12)8(13)14/h6-7H,3-5H2,1-2H3,(H,11,16)(H,13,14). The van der Waals surface area contributed by atoms with E-state index in [2.05, 4.69) is 10.1 Å². The van der Waals surface area contributed by atoms with Gasteiger partial charge in [-0.25, -0.2) is 9.59 Å². The number of carbonyl (C=O) groups excluding carboxylic acids is 2. The third-order valence-electron chi connectivity index (χ3n) is 2.72. The number of aliphatic carboxylic acids is 1. The van der Waals surface area contributed by atoms with E-state index in [0.29, 0.717) is 13.0 Å². The van der Waals surface area contributed by atoms with Crippen LogP contribution in [-0.2, 0) is 14.3 Å². The average molecular weight is 244 g/mol. The Kier molecular flexibility index (Phi) is 4.30. The summed E-state index contributed by atoms with van der Waals surface area (Å²) in [5.41, 5.74) is 0. The third-order valence-corrected chi connectivity index (χ3v) is 2.72. The molecule has 1 fully saturated rings. The van der Waals surface area contributed by atoms with E-state index in [-0.39, 0.29) is 6.54 Å². The quantitative estimate of drug-likeness (QED) is 0.662. The summed E-state index contributed by atoms with van der Waals surface area (Å²) in [7, 11) is 1.24. The first kappa shape index (κ1) is 13.3. The minimum atomic E-state index is -0.902. The predicted molar refractivity (Wildman–Crippen MR) is 57.3 cm³/mol. The fourth-order valence-corrected chi connectivity index (χ4v) is 1.66. The van der Waals surface area contributed by atoms with Crippen LogP contribution in [-0.4, -0.2) is 54.2 Å². The van der Waals surface area contributed by atoms with Crippen LogP contribution in [0.25, 0.3) is 0 Å². The maximum absolute atomic E-state index is 11.7. The Labute approximate surface area is 98.7 Å². The summed E-state index contributed by atoms with van der Waals surface area (Å²) in [6.07, 6.45) is 0.440. The van der Waals surface area contributed by atoms with Gasteiger partial charge in [-0.2, -0.15) is 0 Å². The van der Waals surface area contributed by atoms with Crippen molar-refractivity contribution in [2.75, 3.05) is 20.2 Å². The van der Waals surface area contributed by atoms with E-state index >= 15 is 0 Å². The molecule has 1 rings (SSSR count). The zero-order valence-corrected chi connectivity index (χ0v) is 9.80. The molecule has 2 unspecified atom stereocenters. The Bertz CT molecular complexity index is 331. The number of hydrogen-bond donors (Lipinski definition) is 2. The van der Waals surface area contributed by atoms with E-state index in [1.807, 2.05) is 0 Å². The number of carbonyl (C=O) groups is 3. The number of nitrogens with one attached hydrogen (secondary N) is 1. The molecule has 0 saturated carbocycles. The van der Waals surface area contributed by atoms with Gasteiger partial charge < -0.3 is 20.1 Å². The van der Waals surface area contributed by atoms with Gasteiger partial charge in [0.05, 0.1) is 13.0 Å². The highest BCUT2D eigenvalue weighted by Gasteiger charge is 2.31. The second-order valence-electron chi connectivity index (χ2n) is 3.96. The molecule has 1 heterocycles. The van der Waals surface area contributed by atoms with Gasteiger partial charge in [-0.1, -0.05) is 0 Å². The van der Waals surface area contributed by atoms with Crippen molar-refractivity contribution in [3.63, 3.8) is 0 Å². The molecule has 0 aliphatic carbocycles. The topological polar surface area (TPSA) is 95.9 Å². The molecule has 0 aromatic rings.